The molecule has 2 aromatic rings. The van der Waals surface area contributed by atoms with Gasteiger partial charge in [0.15, 0.2) is 11.5 Å². The second-order valence-electron chi connectivity index (χ2n) is 6.68. The van der Waals surface area contributed by atoms with Crippen LogP contribution in [0.2, 0.25) is 0 Å². The molecule has 2 heterocycles. The van der Waals surface area contributed by atoms with Gasteiger partial charge in [0.1, 0.15) is 5.75 Å². The highest BCUT2D eigenvalue weighted by Gasteiger charge is 2.26. The predicted octanol–water partition coefficient (Wildman–Crippen LogP) is 2.23. The van der Waals surface area contributed by atoms with Gasteiger partial charge in [-0.2, -0.15) is 0 Å². The summed E-state index contributed by atoms with van der Waals surface area (Å²) in [6.45, 7) is 3.63. The van der Waals surface area contributed by atoms with Crippen molar-refractivity contribution in [2.75, 3.05) is 46.8 Å². The molecule has 2 aromatic carbocycles. The lowest BCUT2D eigenvalue weighted by molar-refractivity contribution is 0.0157. The van der Waals surface area contributed by atoms with Gasteiger partial charge in [-0.05, 0) is 24.3 Å². The van der Waals surface area contributed by atoms with Crippen molar-refractivity contribution >= 4 is 5.91 Å². The van der Waals surface area contributed by atoms with Crippen LogP contribution in [0.3, 0.4) is 0 Å². The largest absolute Gasteiger partial charge is 0.496 e. The van der Waals surface area contributed by atoms with Gasteiger partial charge in [-0.1, -0.05) is 18.2 Å². The van der Waals surface area contributed by atoms with Crippen molar-refractivity contribution < 1.29 is 23.7 Å². The van der Waals surface area contributed by atoms with Crippen LogP contribution in [0.5, 0.6) is 17.2 Å². The third-order valence-corrected chi connectivity index (χ3v) is 5.08. The minimum Gasteiger partial charge on any atom is -0.496 e. The molecule has 0 aromatic heterocycles. The number of methoxy groups -OCH3 is 1. The van der Waals surface area contributed by atoms with E-state index < -0.39 is 0 Å². The first-order chi connectivity index (χ1) is 13.8. The van der Waals surface area contributed by atoms with E-state index in [1.807, 2.05) is 24.3 Å². The van der Waals surface area contributed by atoms with E-state index in [0.29, 0.717) is 36.8 Å². The molecule has 0 bridgehead atoms. The Kier molecular flexibility index (Phi) is 5.64. The normalized spacial score (nSPS) is 17.2. The van der Waals surface area contributed by atoms with Crippen LogP contribution in [0.1, 0.15) is 22.0 Å². The summed E-state index contributed by atoms with van der Waals surface area (Å²) < 4.78 is 21.7. The van der Waals surface area contributed by atoms with Crippen LogP contribution < -0.4 is 19.5 Å². The van der Waals surface area contributed by atoms with Crippen molar-refractivity contribution in [2.45, 2.75) is 6.04 Å². The van der Waals surface area contributed by atoms with E-state index in [0.717, 1.165) is 24.4 Å². The molecule has 2 aliphatic rings. The van der Waals surface area contributed by atoms with Crippen LogP contribution >= 0.6 is 0 Å². The number of carbonyl (C=O) groups excluding carboxylic acids is 1. The van der Waals surface area contributed by atoms with E-state index in [1.165, 1.54) is 0 Å². The molecule has 1 N–H and O–H groups in total. The molecule has 0 aliphatic carbocycles. The van der Waals surface area contributed by atoms with Crippen LogP contribution in [0.15, 0.2) is 42.5 Å². The zero-order chi connectivity index (χ0) is 19.3. The Hall–Kier alpha value is -2.77. The first kappa shape index (κ1) is 18.6. The van der Waals surface area contributed by atoms with Crippen molar-refractivity contribution in [1.29, 1.82) is 0 Å². The molecule has 28 heavy (non-hydrogen) atoms. The zero-order valence-electron chi connectivity index (χ0n) is 15.8. The van der Waals surface area contributed by atoms with Crippen LogP contribution in [-0.4, -0.2) is 57.6 Å². The fourth-order valence-corrected chi connectivity index (χ4v) is 3.60. The van der Waals surface area contributed by atoms with E-state index in [4.69, 9.17) is 18.9 Å². The molecule has 0 radical (unpaired) electrons. The molecular formula is C21H24N2O5. The van der Waals surface area contributed by atoms with Gasteiger partial charge in [-0.15, -0.1) is 0 Å². The molecular weight excluding hydrogens is 360 g/mol. The zero-order valence-corrected chi connectivity index (χ0v) is 15.8. The molecule has 0 saturated carbocycles. The first-order valence-corrected chi connectivity index (χ1v) is 9.39. The lowest BCUT2D eigenvalue weighted by atomic mass is 10.0. The molecule has 2 aliphatic heterocycles. The molecule has 1 atom stereocenters. The summed E-state index contributed by atoms with van der Waals surface area (Å²) in [4.78, 5) is 15.1. The molecule has 1 unspecified atom stereocenters. The fourth-order valence-electron chi connectivity index (χ4n) is 3.60. The Labute approximate surface area is 164 Å². The van der Waals surface area contributed by atoms with E-state index in [-0.39, 0.29) is 18.7 Å². The molecule has 1 fully saturated rings. The number of carbonyl (C=O) groups is 1. The Morgan fingerprint density at radius 2 is 1.93 bits per heavy atom. The van der Waals surface area contributed by atoms with E-state index in [2.05, 4.69) is 10.2 Å². The summed E-state index contributed by atoms with van der Waals surface area (Å²) in [6.07, 6.45) is 0. The van der Waals surface area contributed by atoms with Gasteiger partial charge in [0.25, 0.3) is 5.91 Å². The van der Waals surface area contributed by atoms with Gasteiger partial charge in [-0.3, -0.25) is 9.69 Å². The standard InChI is InChI=1S/C21H24N2O5/c1-25-18-5-3-2-4-16(18)17(23-8-10-26-11-9-23)13-22-21(24)15-6-7-19-20(12-15)28-14-27-19/h2-7,12,17H,8-11,13-14H2,1H3,(H,22,24). The molecule has 148 valence electrons. The molecule has 1 amide bonds. The highest BCUT2D eigenvalue weighted by atomic mass is 16.7. The minimum atomic E-state index is -0.147. The Morgan fingerprint density at radius 3 is 2.75 bits per heavy atom. The lowest BCUT2D eigenvalue weighted by Gasteiger charge is -2.35. The monoisotopic (exact) mass is 384 g/mol. The molecule has 7 heteroatoms. The molecule has 7 nitrogen and oxygen atoms in total. The lowest BCUT2D eigenvalue weighted by Crippen LogP contribution is -2.44. The maximum Gasteiger partial charge on any atom is 0.251 e. The van der Waals surface area contributed by atoms with Crippen LogP contribution in [0, 0.1) is 0 Å². The van der Waals surface area contributed by atoms with E-state index in [9.17, 15) is 4.79 Å². The maximum atomic E-state index is 12.7. The second kappa shape index (κ2) is 8.50. The van der Waals surface area contributed by atoms with Crippen molar-refractivity contribution in [3.63, 3.8) is 0 Å². The number of ether oxygens (including phenoxy) is 4. The quantitative estimate of drug-likeness (QED) is 0.824. The Morgan fingerprint density at radius 1 is 1.14 bits per heavy atom. The third kappa shape index (κ3) is 3.90. The summed E-state index contributed by atoms with van der Waals surface area (Å²) in [5, 5.41) is 3.06. The SMILES string of the molecule is COc1ccccc1C(CNC(=O)c1ccc2c(c1)OCO2)N1CCOCC1. The summed E-state index contributed by atoms with van der Waals surface area (Å²) in [7, 11) is 1.67. The first-order valence-electron chi connectivity index (χ1n) is 9.39. The number of nitrogens with zero attached hydrogens (tertiary/aromatic N) is 1. The number of morpholine rings is 1. The molecule has 1 saturated heterocycles. The highest BCUT2D eigenvalue weighted by molar-refractivity contribution is 5.95. The van der Waals surface area contributed by atoms with Gasteiger partial charge >= 0.3 is 0 Å². The third-order valence-electron chi connectivity index (χ3n) is 5.08. The number of nitrogens with one attached hydrogen (secondary N) is 1. The van der Waals surface area contributed by atoms with Crippen LogP contribution in [0.25, 0.3) is 0 Å². The predicted molar refractivity (Wildman–Crippen MR) is 103 cm³/mol. The Balaban J connectivity index is 1.51. The van der Waals surface area contributed by atoms with Gasteiger partial charge in [0.05, 0.1) is 26.4 Å². The minimum absolute atomic E-state index is 0.00184. The average Bonchev–Trinajstić information content (AvgIpc) is 3.22. The topological polar surface area (TPSA) is 69.3 Å². The number of amides is 1. The molecule has 0 spiro atoms. The number of para-hydroxylation sites is 1. The number of fused-ring (bicyclic) bond motifs is 1. The summed E-state index contributed by atoms with van der Waals surface area (Å²) in [6, 6.07) is 13.2. The van der Waals surface area contributed by atoms with E-state index >= 15 is 0 Å². The van der Waals surface area contributed by atoms with Gasteiger partial charge in [-0.25, -0.2) is 0 Å². The number of benzene rings is 2. The van der Waals surface area contributed by atoms with Crippen molar-refractivity contribution in [2.24, 2.45) is 0 Å². The van der Waals surface area contributed by atoms with Crippen molar-refractivity contribution in [1.82, 2.24) is 10.2 Å². The van der Waals surface area contributed by atoms with Crippen LogP contribution in [-0.2, 0) is 4.74 Å². The van der Waals surface area contributed by atoms with Gasteiger partial charge in [0, 0.05) is 30.8 Å². The number of rotatable bonds is 6. The average molecular weight is 384 g/mol. The fraction of sp³-hybridized carbons (Fsp3) is 0.381. The number of hydrogen-bond acceptors (Lipinski definition) is 6. The van der Waals surface area contributed by atoms with Gasteiger partial charge < -0.3 is 24.3 Å². The second-order valence-corrected chi connectivity index (χ2v) is 6.68. The summed E-state index contributed by atoms with van der Waals surface area (Å²) >= 11 is 0. The Bertz CT molecular complexity index is 835. The molecule has 4 rings (SSSR count). The van der Waals surface area contributed by atoms with Gasteiger partial charge in [0.2, 0.25) is 6.79 Å². The van der Waals surface area contributed by atoms with Crippen molar-refractivity contribution in [3.05, 3.63) is 53.6 Å². The number of hydrogen-bond donors (Lipinski definition) is 1. The highest BCUT2D eigenvalue weighted by Crippen LogP contribution is 2.33. The van der Waals surface area contributed by atoms with Crippen LogP contribution in [0.4, 0.5) is 0 Å². The smallest absolute Gasteiger partial charge is 0.251 e. The summed E-state index contributed by atoms with van der Waals surface area (Å²) in [5.41, 5.74) is 1.60. The van der Waals surface area contributed by atoms with E-state index in [1.54, 1.807) is 25.3 Å². The summed E-state index contributed by atoms with van der Waals surface area (Å²) in [5.74, 6) is 1.93. The van der Waals surface area contributed by atoms with Crippen molar-refractivity contribution in [3.8, 4) is 17.2 Å². The maximum absolute atomic E-state index is 12.7.